The van der Waals surface area contributed by atoms with Crippen molar-refractivity contribution >= 4 is 33.8 Å². The van der Waals surface area contributed by atoms with E-state index in [0.717, 1.165) is 21.6 Å². The third-order valence-corrected chi connectivity index (χ3v) is 6.14. The normalized spacial score (nSPS) is 24.5. The number of para-hydroxylation sites is 1. The van der Waals surface area contributed by atoms with E-state index < -0.39 is 24.5 Å². The number of aryl methyl sites for hydroxylation is 1. The molecule has 1 aromatic carbocycles. The van der Waals surface area contributed by atoms with Crippen LogP contribution in [-0.2, 0) is 4.74 Å². The fourth-order valence-corrected chi connectivity index (χ4v) is 4.49. The second-order valence-corrected chi connectivity index (χ2v) is 8.02. The zero-order chi connectivity index (χ0) is 20.0. The summed E-state index contributed by atoms with van der Waals surface area (Å²) in [5.74, 6) is 0.459. The van der Waals surface area contributed by atoms with Gasteiger partial charge in [-0.25, -0.2) is 19.9 Å². The minimum Gasteiger partial charge on any atom is -0.387 e. The van der Waals surface area contributed by atoms with Gasteiger partial charge in [0.25, 0.3) is 0 Å². The van der Waals surface area contributed by atoms with Gasteiger partial charge in [-0.2, -0.15) is 0 Å². The van der Waals surface area contributed by atoms with Gasteiger partial charge in [-0.3, -0.25) is 4.57 Å². The molecule has 148 valence electrons. The smallest absolute Gasteiger partial charge is 0.165 e. The van der Waals surface area contributed by atoms with Crippen LogP contribution in [0.1, 0.15) is 11.9 Å². The maximum absolute atomic E-state index is 10.6. The van der Waals surface area contributed by atoms with Crippen molar-refractivity contribution in [3.05, 3.63) is 54.7 Å². The van der Waals surface area contributed by atoms with Crippen LogP contribution in [0.5, 0.6) is 0 Å². The predicted octanol–water partition coefficient (Wildman–Crippen LogP) is 2.09. The highest BCUT2D eigenvalue weighted by Gasteiger charge is 2.44. The number of ether oxygens (including phenoxy) is 1. The first-order valence-corrected chi connectivity index (χ1v) is 10.2. The van der Waals surface area contributed by atoms with E-state index in [9.17, 15) is 10.2 Å². The topological polar surface area (TPSA) is 106 Å². The maximum atomic E-state index is 10.6. The molecule has 0 aliphatic carbocycles. The average Bonchev–Trinajstić information content (AvgIpc) is 3.29. The molecule has 0 unspecified atom stereocenters. The van der Waals surface area contributed by atoms with Crippen molar-refractivity contribution in [3.63, 3.8) is 0 Å². The molecule has 4 heterocycles. The molecular weight excluding hydrogens is 390 g/mol. The first kappa shape index (κ1) is 18.4. The molecule has 5 rings (SSSR count). The first-order valence-electron chi connectivity index (χ1n) is 9.26. The predicted molar refractivity (Wildman–Crippen MR) is 108 cm³/mol. The number of imidazole rings is 1. The standard InChI is InChI=1S/C20H19N5O3S/c1-11-16-19(22-9-21-11)25(10-23-16)20-18(27)17(26)14(28-20)8-29-15-7-6-12-4-2-3-5-13(12)24-15/h2-7,9-10,14,17-18,20,26-27H,8H2,1H3/t14-,17-,18-,20-/m1/s1. The van der Waals surface area contributed by atoms with Gasteiger partial charge in [0.15, 0.2) is 11.9 Å². The highest BCUT2D eigenvalue weighted by atomic mass is 32.2. The molecular formula is C20H19N5O3S. The lowest BCUT2D eigenvalue weighted by Crippen LogP contribution is -2.32. The van der Waals surface area contributed by atoms with Gasteiger partial charge in [0.1, 0.15) is 24.1 Å². The van der Waals surface area contributed by atoms with E-state index in [1.54, 1.807) is 10.9 Å². The Morgan fingerprint density at radius 1 is 1.07 bits per heavy atom. The van der Waals surface area contributed by atoms with E-state index in [1.165, 1.54) is 18.1 Å². The third-order valence-electron chi connectivity index (χ3n) is 5.12. The summed E-state index contributed by atoms with van der Waals surface area (Å²) in [5, 5.41) is 23.0. The van der Waals surface area contributed by atoms with Gasteiger partial charge in [0, 0.05) is 11.1 Å². The second kappa shape index (κ2) is 7.34. The maximum Gasteiger partial charge on any atom is 0.165 e. The summed E-state index contributed by atoms with van der Waals surface area (Å²) in [6.45, 7) is 1.85. The van der Waals surface area contributed by atoms with Crippen molar-refractivity contribution in [2.75, 3.05) is 5.75 Å². The Bertz CT molecular complexity index is 1180. The first-order chi connectivity index (χ1) is 14.1. The molecule has 0 bridgehead atoms. The largest absolute Gasteiger partial charge is 0.387 e. The molecule has 1 fully saturated rings. The Morgan fingerprint density at radius 3 is 2.83 bits per heavy atom. The molecule has 0 radical (unpaired) electrons. The minimum atomic E-state index is -1.09. The number of aliphatic hydroxyl groups is 2. The highest BCUT2D eigenvalue weighted by molar-refractivity contribution is 7.99. The van der Waals surface area contributed by atoms with Crippen LogP contribution >= 0.6 is 11.8 Å². The van der Waals surface area contributed by atoms with E-state index in [0.29, 0.717) is 16.9 Å². The van der Waals surface area contributed by atoms with E-state index in [-0.39, 0.29) is 0 Å². The summed E-state index contributed by atoms with van der Waals surface area (Å²) < 4.78 is 7.65. The Hall–Kier alpha value is -2.59. The number of aromatic nitrogens is 5. The number of hydrogen-bond acceptors (Lipinski definition) is 8. The van der Waals surface area contributed by atoms with Crippen LogP contribution in [0.2, 0.25) is 0 Å². The lowest BCUT2D eigenvalue weighted by molar-refractivity contribution is -0.0289. The molecule has 8 nitrogen and oxygen atoms in total. The van der Waals surface area contributed by atoms with Gasteiger partial charge < -0.3 is 14.9 Å². The molecule has 3 aromatic heterocycles. The van der Waals surface area contributed by atoms with Crippen LogP contribution in [0.4, 0.5) is 0 Å². The fourth-order valence-electron chi connectivity index (χ4n) is 3.55. The van der Waals surface area contributed by atoms with Crippen molar-refractivity contribution in [1.82, 2.24) is 24.5 Å². The molecule has 1 saturated heterocycles. The Labute approximate surface area is 170 Å². The minimum absolute atomic E-state index is 0.459. The van der Waals surface area contributed by atoms with E-state index in [2.05, 4.69) is 19.9 Å². The number of pyridine rings is 1. The molecule has 9 heteroatoms. The number of rotatable bonds is 4. The summed E-state index contributed by atoms with van der Waals surface area (Å²) in [7, 11) is 0. The summed E-state index contributed by atoms with van der Waals surface area (Å²) in [6, 6.07) is 11.9. The van der Waals surface area contributed by atoms with E-state index in [4.69, 9.17) is 4.74 Å². The molecule has 29 heavy (non-hydrogen) atoms. The Morgan fingerprint density at radius 2 is 1.93 bits per heavy atom. The van der Waals surface area contributed by atoms with Crippen LogP contribution in [0.15, 0.2) is 54.1 Å². The summed E-state index contributed by atoms with van der Waals surface area (Å²) in [4.78, 5) is 17.3. The molecule has 0 saturated carbocycles. The fraction of sp³-hybridized carbons (Fsp3) is 0.300. The average molecular weight is 409 g/mol. The molecule has 1 aliphatic heterocycles. The van der Waals surface area contributed by atoms with E-state index >= 15 is 0 Å². The summed E-state index contributed by atoms with van der Waals surface area (Å²) >= 11 is 1.49. The lowest BCUT2D eigenvalue weighted by Gasteiger charge is -2.16. The number of thioether (sulfide) groups is 1. The van der Waals surface area contributed by atoms with Crippen LogP contribution in [-0.4, -0.2) is 58.8 Å². The molecule has 4 aromatic rings. The summed E-state index contributed by atoms with van der Waals surface area (Å²) in [5.41, 5.74) is 2.88. The Balaban J connectivity index is 1.34. The van der Waals surface area contributed by atoms with Crippen LogP contribution in [0.3, 0.4) is 0 Å². The van der Waals surface area contributed by atoms with Gasteiger partial charge in [-0.05, 0) is 19.1 Å². The van der Waals surface area contributed by atoms with E-state index in [1.807, 2.05) is 43.3 Å². The van der Waals surface area contributed by atoms with Gasteiger partial charge in [-0.15, -0.1) is 11.8 Å². The molecule has 1 aliphatic rings. The monoisotopic (exact) mass is 409 g/mol. The number of fused-ring (bicyclic) bond motifs is 2. The number of hydrogen-bond donors (Lipinski definition) is 2. The van der Waals surface area contributed by atoms with Crippen molar-refractivity contribution < 1.29 is 14.9 Å². The van der Waals surface area contributed by atoms with Crippen LogP contribution in [0, 0.1) is 6.92 Å². The molecule has 2 N–H and O–H groups in total. The lowest BCUT2D eigenvalue weighted by atomic mass is 10.1. The van der Waals surface area contributed by atoms with Gasteiger partial charge in [-0.1, -0.05) is 24.3 Å². The third kappa shape index (κ3) is 3.25. The number of benzene rings is 1. The van der Waals surface area contributed by atoms with Gasteiger partial charge in [0.2, 0.25) is 0 Å². The Kier molecular flexibility index (Phi) is 4.67. The van der Waals surface area contributed by atoms with Crippen LogP contribution in [0.25, 0.3) is 22.1 Å². The van der Waals surface area contributed by atoms with Crippen molar-refractivity contribution in [1.29, 1.82) is 0 Å². The molecule has 0 amide bonds. The zero-order valence-corrected chi connectivity index (χ0v) is 16.4. The quantitative estimate of drug-likeness (QED) is 0.494. The summed E-state index contributed by atoms with van der Waals surface area (Å²) in [6.07, 6.45) is -0.404. The van der Waals surface area contributed by atoms with Gasteiger partial charge >= 0.3 is 0 Å². The zero-order valence-electron chi connectivity index (χ0n) is 15.6. The van der Waals surface area contributed by atoms with Crippen molar-refractivity contribution in [2.24, 2.45) is 0 Å². The van der Waals surface area contributed by atoms with Crippen LogP contribution < -0.4 is 0 Å². The van der Waals surface area contributed by atoms with Gasteiger partial charge in [0.05, 0.1) is 28.7 Å². The second-order valence-electron chi connectivity index (χ2n) is 6.98. The SMILES string of the molecule is Cc1ncnc2c1ncn2[C@@H]1O[C@H](CSc2ccc3ccccc3n2)[C@@H](O)[C@H]1O. The van der Waals surface area contributed by atoms with Crippen molar-refractivity contribution in [3.8, 4) is 0 Å². The van der Waals surface area contributed by atoms with Crippen molar-refractivity contribution in [2.45, 2.75) is 36.5 Å². The molecule has 0 spiro atoms. The molecule has 4 atom stereocenters. The number of aliphatic hydroxyl groups excluding tert-OH is 2. The number of nitrogens with zero attached hydrogens (tertiary/aromatic N) is 5. The highest BCUT2D eigenvalue weighted by Crippen LogP contribution is 2.34.